The van der Waals surface area contributed by atoms with E-state index in [9.17, 15) is 13.2 Å². The van der Waals surface area contributed by atoms with Gasteiger partial charge in [-0.15, -0.1) is 0 Å². The predicted molar refractivity (Wildman–Crippen MR) is 123 cm³/mol. The predicted octanol–water partition coefficient (Wildman–Crippen LogP) is 3.44. The average Bonchev–Trinajstić information content (AvgIpc) is 3.37. The summed E-state index contributed by atoms with van der Waals surface area (Å²) in [6, 6.07) is 18.2. The summed E-state index contributed by atoms with van der Waals surface area (Å²) >= 11 is 0. The van der Waals surface area contributed by atoms with Gasteiger partial charge < -0.3 is 14.8 Å². The van der Waals surface area contributed by atoms with E-state index in [0.717, 1.165) is 23.6 Å². The van der Waals surface area contributed by atoms with Crippen molar-refractivity contribution < 1.29 is 22.7 Å². The highest BCUT2D eigenvalue weighted by Crippen LogP contribution is 2.26. The van der Waals surface area contributed by atoms with Crippen LogP contribution in [0.3, 0.4) is 0 Å². The molecular formula is C24H26N2O5S. The van der Waals surface area contributed by atoms with Crippen molar-refractivity contribution in [3.8, 4) is 11.5 Å². The van der Waals surface area contributed by atoms with Gasteiger partial charge >= 0.3 is 0 Å². The topological polar surface area (TPSA) is 84.9 Å². The summed E-state index contributed by atoms with van der Waals surface area (Å²) in [7, 11) is -2.18. The fourth-order valence-corrected chi connectivity index (χ4v) is 5.33. The molecule has 3 aromatic rings. The quantitative estimate of drug-likeness (QED) is 0.527. The van der Waals surface area contributed by atoms with E-state index in [1.807, 2.05) is 42.5 Å². The Morgan fingerprint density at radius 2 is 1.75 bits per heavy atom. The summed E-state index contributed by atoms with van der Waals surface area (Å²) in [5, 5.41) is 4.98. The van der Waals surface area contributed by atoms with Crippen LogP contribution in [0.1, 0.15) is 23.2 Å². The van der Waals surface area contributed by atoms with Crippen LogP contribution < -0.4 is 14.8 Å². The van der Waals surface area contributed by atoms with Crippen LogP contribution in [0.4, 0.5) is 0 Å². The largest absolute Gasteiger partial charge is 0.496 e. The minimum Gasteiger partial charge on any atom is -0.496 e. The lowest BCUT2D eigenvalue weighted by atomic mass is 10.1. The van der Waals surface area contributed by atoms with Crippen molar-refractivity contribution in [3.05, 3.63) is 66.2 Å². The number of ether oxygens (including phenoxy) is 2. The Kier molecular flexibility index (Phi) is 6.62. The molecule has 0 aliphatic carbocycles. The lowest BCUT2D eigenvalue weighted by molar-refractivity contribution is 0.0943. The molecule has 0 unspecified atom stereocenters. The fraction of sp³-hybridized carbons (Fsp3) is 0.292. The van der Waals surface area contributed by atoms with Crippen molar-refractivity contribution in [2.45, 2.75) is 17.7 Å². The number of amides is 1. The first-order chi connectivity index (χ1) is 15.5. The smallest absolute Gasteiger partial charge is 0.255 e. The lowest BCUT2D eigenvalue weighted by Crippen LogP contribution is -2.30. The lowest BCUT2D eigenvalue weighted by Gasteiger charge is -2.17. The van der Waals surface area contributed by atoms with Crippen LogP contribution in [0.25, 0.3) is 10.8 Å². The Morgan fingerprint density at radius 3 is 2.50 bits per heavy atom. The molecule has 4 rings (SSSR count). The summed E-state index contributed by atoms with van der Waals surface area (Å²) in [5.74, 6) is 0.620. The molecule has 32 heavy (non-hydrogen) atoms. The van der Waals surface area contributed by atoms with E-state index < -0.39 is 15.9 Å². The van der Waals surface area contributed by atoms with E-state index in [1.54, 1.807) is 0 Å². The number of carbonyl (C=O) groups excluding carboxylic acids is 1. The molecule has 0 aromatic heterocycles. The maximum atomic E-state index is 12.9. The van der Waals surface area contributed by atoms with Crippen molar-refractivity contribution >= 4 is 26.7 Å². The number of nitrogens with zero attached hydrogens (tertiary/aromatic N) is 1. The standard InChI is InChI=1S/C24H26N2O5S/c1-30-23-11-10-21(32(28,29)26-13-4-5-14-26)17-22(23)24(27)25-12-15-31-20-9-8-18-6-2-3-7-19(18)16-20/h2-3,6-11,16-17H,4-5,12-15H2,1H3,(H,25,27). The number of hydrogen-bond acceptors (Lipinski definition) is 5. The Labute approximate surface area is 188 Å². The third kappa shape index (κ3) is 4.71. The summed E-state index contributed by atoms with van der Waals surface area (Å²) in [4.78, 5) is 12.9. The van der Waals surface area contributed by atoms with Gasteiger partial charge in [-0.05, 0) is 53.9 Å². The molecule has 1 heterocycles. The summed E-state index contributed by atoms with van der Waals surface area (Å²) < 4.78 is 38.2. The maximum absolute atomic E-state index is 12.9. The van der Waals surface area contributed by atoms with Gasteiger partial charge in [0.05, 0.1) is 24.1 Å². The molecule has 7 nitrogen and oxygen atoms in total. The maximum Gasteiger partial charge on any atom is 0.255 e. The molecule has 1 amide bonds. The fourth-order valence-electron chi connectivity index (χ4n) is 3.79. The normalized spacial score (nSPS) is 14.4. The average molecular weight is 455 g/mol. The molecule has 1 saturated heterocycles. The van der Waals surface area contributed by atoms with Gasteiger partial charge in [0, 0.05) is 13.1 Å². The molecule has 0 bridgehead atoms. The van der Waals surface area contributed by atoms with Crippen molar-refractivity contribution in [2.75, 3.05) is 33.4 Å². The molecule has 0 atom stereocenters. The van der Waals surface area contributed by atoms with Crippen LogP contribution in [-0.4, -0.2) is 52.0 Å². The van der Waals surface area contributed by atoms with E-state index >= 15 is 0 Å². The minimum atomic E-state index is -3.63. The minimum absolute atomic E-state index is 0.0952. The van der Waals surface area contributed by atoms with E-state index in [0.29, 0.717) is 24.6 Å². The molecule has 8 heteroatoms. The van der Waals surface area contributed by atoms with Crippen LogP contribution >= 0.6 is 0 Å². The third-order valence-electron chi connectivity index (χ3n) is 5.50. The second-order valence-corrected chi connectivity index (χ2v) is 9.52. The van der Waals surface area contributed by atoms with Gasteiger partial charge in [0.1, 0.15) is 18.1 Å². The van der Waals surface area contributed by atoms with Crippen molar-refractivity contribution in [1.29, 1.82) is 0 Å². The van der Waals surface area contributed by atoms with E-state index in [-0.39, 0.29) is 23.6 Å². The number of hydrogen-bond donors (Lipinski definition) is 1. The Hall–Kier alpha value is -3.10. The number of carbonyl (C=O) groups is 1. The van der Waals surface area contributed by atoms with Gasteiger partial charge in [0.2, 0.25) is 10.0 Å². The molecule has 3 aromatic carbocycles. The van der Waals surface area contributed by atoms with Gasteiger partial charge in [-0.25, -0.2) is 8.42 Å². The molecule has 1 fully saturated rings. The zero-order chi connectivity index (χ0) is 22.6. The zero-order valence-corrected chi connectivity index (χ0v) is 18.7. The van der Waals surface area contributed by atoms with Gasteiger partial charge in [0.25, 0.3) is 5.91 Å². The van der Waals surface area contributed by atoms with E-state index in [4.69, 9.17) is 9.47 Å². The highest BCUT2D eigenvalue weighted by molar-refractivity contribution is 7.89. The number of methoxy groups -OCH3 is 1. The van der Waals surface area contributed by atoms with E-state index in [2.05, 4.69) is 5.32 Å². The number of nitrogens with one attached hydrogen (secondary N) is 1. The van der Waals surface area contributed by atoms with Gasteiger partial charge in [-0.2, -0.15) is 4.31 Å². The highest BCUT2D eigenvalue weighted by atomic mass is 32.2. The SMILES string of the molecule is COc1ccc(S(=O)(=O)N2CCCC2)cc1C(=O)NCCOc1ccc2ccccc2c1. The number of rotatable bonds is 8. The zero-order valence-electron chi connectivity index (χ0n) is 17.9. The van der Waals surface area contributed by atoms with Gasteiger partial charge in [-0.1, -0.05) is 30.3 Å². The van der Waals surface area contributed by atoms with Crippen LogP contribution in [0.15, 0.2) is 65.6 Å². The van der Waals surface area contributed by atoms with Crippen molar-refractivity contribution in [1.82, 2.24) is 9.62 Å². The molecule has 168 valence electrons. The first-order valence-electron chi connectivity index (χ1n) is 10.6. The number of fused-ring (bicyclic) bond motifs is 1. The summed E-state index contributed by atoms with van der Waals surface area (Å²) in [5.41, 5.74) is 0.179. The number of benzene rings is 3. The van der Waals surface area contributed by atoms with Gasteiger partial charge in [-0.3, -0.25) is 4.79 Å². The van der Waals surface area contributed by atoms with Crippen LogP contribution in [0, 0.1) is 0 Å². The molecule has 1 N–H and O–H groups in total. The molecule has 1 aliphatic rings. The van der Waals surface area contributed by atoms with E-state index in [1.165, 1.54) is 29.6 Å². The Balaban J connectivity index is 1.40. The number of sulfonamides is 1. The Bertz CT molecular complexity index is 1220. The van der Waals surface area contributed by atoms with Gasteiger partial charge in [0.15, 0.2) is 0 Å². The third-order valence-corrected chi connectivity index (χ3v) is 7.39. The van der Waals surface area contributed by atoms with Crippen LogP contribution in [0.2, 0.25) is 0 Å². The molecule has 0 spiro atoms. The monoisotopic (exact) mass is 454 g/mol. The molecule has 0 radical (unpaired) electrons. The summed E-state index contributed by atoms with van der Waals surface area (Å²) in [6.45, 7) is 1.54. The van der Waals surface area contributed by atoms with Crippen LogP contribution in [0.5, 0.6) is 11.5 Å². The molecule has 0 saturated carbocycles. The highest BCUT2D eigenvalue weighted by Gasteiger charge is 2.28. The second kappa shape index (κ2) is 9.58. The molecular weight excluding hydrogens is 428 g/mol. The summed E-state index contributed by atoms with van der Waals surface area (Å²) in [6.07, 6.45) is 1.69. The molecule has 1 aliphatic heterocycles. The van der Waals surface area contributed by atoms with Crippen molar-refractivity contribution in [2.24, 2.45) is 0 Å². The first kappa shape index (κ1) is 22.1. The second-order valence-electron chi connectivity index (χ2n) is 7.59. The van der Waals surface area contributed by atoms with Crippen LogP contribution in [-0.2, 0) is 10.0 Å². The Morgan fingerprint density at radius 1 is 1.00 bits per heavy atom. The van der Waals surface area contributed by atoms with Crippen molar-refractivity contribution in [3.63, 3.8) is 0 Å². The first-order valence-corrected chi connectivity index (χ1v) is 12.0.